The number of anilines is 3. The fraction of sp³-hybridized carbons (Fsp3) is 0.0526. The molecule has 0 spiro atoms. The molecule has 2 heterocycles. The maximum atomic E-state index is 12.4. The van der Waals surface area contributed by atoms with E-state index in [-0.39, 0.29) is 17.2 Å². The van der Waals surface area contributed by atoms with E-state index < -0.39 is 27.1 Å². The van der Waals surface area contributed by atoms with Crippen LogP contribution in [0.1, 0.15) is 10.4 Å². The van der Waals surface area contributed by atoms with Crippen molar-refractivity contribution in [3.8, 4) is 5.75 Å². The summed E-state index contributed by atoms with van der Waals surface area (Å²) in [5, 5.41) is 26.0. The van der Waals surface area contributed by atoms with Gasteiger partial charge in [0.1, 0.15) is 17.6 Å². The lowest BCUT2D eigenvalue weighted by Gasteiger charge is -2.10. The third-order valence-electron chi connectivity index (χ3n) is 4.47. The molecule has 14 nitrogen and oxygen atoms in total. The smallest absolute Gasteiger partial charge is 0.355 e. The Labute approximate surface area is 193 Å². The van der Waals surface area contributed by atoms with Crippen molar-refractivity contribution in [3.63, 3.8) is 0 Å². The predicted octanol–water partition coefficient (Wildman–Crippen LogP) is 3.41. The number of ether oxygens (including phenoxy) is 1. The lowest BCUT2D eigenvalue weighted by molar-refractivity contribution is -0.385. The summed E-state index contributed by atoms with van der Waals surface area (Å²) in [5.74, 6) is -0.753. The summed E-state index contributed by atoms with van der Waals surface area (Å²) >= 11 is 1.23. The van der Waals surface area contributed by atoms with E-state index in [0.29, 0.717) is 16.4 Å². The standard InChI is InChI=1S/C19H14N8O6S/c1-33-10-6-7-12-14(8-10)34-19(22-12)23-16-15(27(31)32)17(21-9-20-16)24-25-18(28)11-4-2-3-5-13(11)26(29)30/h2-9H,1H3,(H,25,28)(H2,20,21,22,23,24). The summed E-state index contributed by atoms with van der Waals surface area (Å²) < 4.78 is 5.97. The Morgan fingerprint density at radius 3 is 2.56 bits per heavy atom. The summed E-state index contributed by atoms with van der Waals surface area (Å²) in [6.07, 6.45) is 1.05. The van der Waals surface area contributed by atoms with Crippen molar-refractivity contribution in [2.24, 2.45) is 0 Å². The second-order valence-corrected chi connectivity index (χ2v) is 7.54. The molecule has 3 N–H and O–H groups in total. The van der Waals surface area contributed by atoms with Gasteiger partial charge >= 0.3 is 5.69 Å². The van der Waals surface area contributed by atoms with Crippen molar-refractivity contribution in [1.29, 1.82) is 0 Å². The first-order chi connectivity index (χ1) is 16.4. The number of hydrogen-bond donors (Lipinski definition) is 3. The number of carbonyl (C=O) groups is 1. The van der Waals surface area contributed by atoms with E-state index >= 15 is 0 Å². The number of thiazole rings is 1. The molecule has 34 heavy (non-hydrogen) atoms. The second kappa shape index (κ2) is 9.29. The summed E-state index contributed by atoms with van der Waals surface area (Å²) in [7, 11) is 1.54. The highest BCUT2D eigenvalue weighted by Gasteiger charge is 2.25. The Bertz CT molecular complexity index is 1430. The largest absolute Gasteiger partial charge is 0.497 e. The quantitative estimate of drug-likeness (QED) is 0.246. The van der Waals surface area contributed by atoms with Gasteiger partial charge in [0.15, 0.2) is 5.13 Å². The van der Waals surface area contributed by atoms with Gasteiger partial charge in [-0.25, -0.2) is 15.0 Å². The number of hydrogen-bond acceptors (Lipinski definition) is 12. The molecule has 0 fully saturated rings. The average Bonchev–Trinajstić information content (AvgIpc) is 3.23. The van der Waals surface area contributed by atoms with Crippen LogP contribution < -0.4 is 20.9 Å². The number of aromatic nitrogens is 3. The van der Waals surface area contributed by atoms with Crippen LogP contribution in [0.25, 0.3) is 10.2 Å². The molecule has 0 radical (unpaired) electrons. The number of hydrazine groups is 1. The fourth-order valence-electron chi connectivity index (χ4n) is 2.93. The van der Waals surface area contributed by atoms with Crippen LogP contribution in [0.2, 0.25) is 0 Å². The molecule has 0 aliphatic rings. The molecule has 0 aliphatic heterocycles. The average molecular weight is 482 g/mol. The van der Waals surface area contributed by atoms with Gasteiger partial charge in [0, 0.05) is 6.07 Å². The Morgan fingerprint density at radius 1 is 1.06 bits per heavy atom. The van der Waals surface area contributed by atoms with Gasteiger partial charge in [-0.05, 0) is 24.3 Å². The van der Waals surface area contributed by atoms with Crippen LogP contribution in [-0.4, -0.2) is 37.8 Å². The molecule has 0 unspecified atom stereocenters. The molecule has 1 amide bonds. The lowest BCUT2D eigenvalue weighted by atomic mass is 10.2. The molecule has 15 heteroatoms. The Kier molecular flexibility index (Phi) is 6.09. The van der Waals surface area contributed by atoms with Crippen LogP contribution in [-0.2, 0) is 0 Å². The van der Waals surface area contributed by atoms with Crippen LogP contribution in [0.3, 0.4) is 0 Å². The number of nitro benzene ring substituents is 1. The second-order valence-electron chi connectivity index (χ2n) is 6.51. The highest BCUT2D eigenvalue weighted by molar-refractivity contribution is 7.22. The van der Waals surface area contributed by atoms with E-state index in [1.54, 1.807) is 18.2 Å². The minimum Gasteiger partial charge on any atom is -0.497 e. The van der Waals surface area contributed by atoms with E-state index in [0.717, 1.165) is 17.1 Å². The van der Waals surface area contributed by atoms with Crippen LogP contribution in [0.4, 0.5) is 28.1 Å². The molecule has 0 bridgehead atoms. The molecule has 0 saturated heterocycles. The zero-order valence-corrected chi connectivity index (χ0v) is 18.0. The van der Waals surface area contributed by atoms with E-state index in [1.165, 1.54) is 36.6 Å². The fourth-order valence-corrected chi connectivity index (χ4v) is 3.82. The zero-order valence-electron chi connectivity index (χ0n) is 17.2. The number of para-hydroxylation sites is 1. The third kappa shape index (κ3) is 4.49. The van der Waals surface area contributed by atoms with Crippen molar-refractivity contribution in [1.82, 2.24) is 20.4 Å². The normalized spacial score (nSPS) is 10.5. The van der Waals surface area contributed by atoms with Crippen molar-refractivity contribution in [2.45, 2.75) is 0 Å². The zero-order chi connectivity index (χ0) is 24.2. The number of nitrogens with zero attached hydrogens (tertiary/aromatic N) is 5. The maximum Gasteiger partial charge on any atom is 0.355 e. The molecule has 2 aromatic carbocycles. The Hall–Kier alpha value is -4.92. The monoisotopic (exact) mass is 482 g/mol. The first-order valence-corrected chi connectivity index (χ1v) is 10.2. The van der Waals surface area contributed by atoms with Gasteiger partial charge in [0.2, 0.25) is 11.6 Å². The molecule has 2 aromatic heterocycles. The summed E-state index contributed by atoms with van der Waals surface area (Å²) in [6, 6.07) is 10.5. The summed E-state index contributed by atoms with van der Waals surface area (Å²) in [4.78, 5) is 46.0. The summed E-state index contributed by atoms with van der Waals surface area (Å²) in [5.41, 5.74) is 3.95. The molecule has 172 valence electrons. The third-order valence-corrected chi connectivity index (χ3v) is 5.40. The number of carbonyl (C=O) groups excluding carboxylic acids is 1. The highest BCUT2D eigenvalue weighted by Crippen LogP contribution is 2.35. The van der Waals surface area contributed by atoms with Crippen LogP contribution in [0, 0.1) is 20.2 Å². The number of rotatable bonds is 8. The number of benzene rings is 2. The van der Waals surface area contributed by atoms with Gasteiger partial charge in [-0.15, -0.1) is 0 Å². The number of nitro groups is 2. The van der Waals surface area contributed by atoms with E-state index in [1.807, 2.05) is 0 Å². The molecule has 0 saturated carbocycles. The van der Waals surface area contributed by atoms with Gasteiger partial charge in [0.05, 0.1) is 27.2 Å². The van der Waals surface area contributed by atoms with Gasteiger partial charge in [0.25, 0.3) is 11.6 Å². The van der Waals surface area contributed by atoms with Gasteiger partial charge < -0.3 is 10.1 Å². The topological polar surface area (TPSA) is 187 Å². The van der Waals surface area contributed by atoms with E-state index in [2.05, 4.69) is 31.1 Å². The van der Waals surface area contributed by atoms with Gasteiger partial charge in [-0.1, -0.05) is 23.5 Å². The minimum atomic E-state index is -0.880. The first kappa shape index (κ1) is 22.3. The molecular weight excluding hydrogens is 468 g/mol. The minimum absolute atomic E-state index is 0.173. The van der Waals surface area contributed by atoms with Crippen LogP contribution >= 0.6 is 11.3 Å². The van der Waals surface area contributed by atoms with Crippen molar-refractivity contribution >= 4 is 55.6 Å². The predicted molar refractivity (Wildman–Crippen MR) is 122 cm³/mol. The van der Waals surface area contributed by atoms with Gasteiger partial charge in [-0.3, -0.25) is 35.9 Å². The Balaban J connectivity index is 1.59. The Morgan fingerprint density at radius 2 is 1.82 bits per heavy atom. The number of nitrogens with one attached hydrogen (secondary N) is 3. The lowest BCUT2D eigenvalue weighted by Crippen LogP contribution is -2.30. The SMILES string of the molecule is COc1ccc2nc(Nc3ncnc(NNC(=O)c4ccccc4[N+](=O)[O-])c3[N+](=O)[O-])sc2c1. The highest BCUT2D eigenvalue weighted by atomic mass is 32.1. The maximum absolute atomic E-state index is 12.4. The first-order valence-electron chi connectivity index (χ1n) is 9.38. The van der Waals surface area contributed by atoms with Crippen LogP contribution in [0.5, 0.6) is 5.75 Å². The van der Waals surface area contributed by atoms with E-state index in [4.69, 9.17) is 4.74 Å². The number of fused-ring (bicyclic) bond motifs is 1. The van der Waals surface area contributed by atoms with Crippen molar-refractivity contribution in [2.75, 3.05) is 17.9 Å². The number of methoxy groups -OCH3 is 1. The molecule has 4 rings (SSSR count). The molecule has 0 aliphatic carbocycles. The molecule has 4 aromatic rings. The van der Waals surface area contributed by atoms with E-state index in [9.17, 15) is 25.0 Å². The van der Waals surface area contributed by atoms with Gasteiger partial charge in [-0.2, -0.15) is 0 Å². The molecular formula is C19H14N8O6S. The molecule has 0 atom stereocenters. The summed E-state index contributed by atoms with van der Waals surface area (Å²) in [6.45, 7) is 0. The van der Waals surface area contributed by atoms with Crippen molar-refractivity contribution < 1.29 is 19.4 Å². The van der Waals surface area contributed by atoms with Crippen LogP contribution in [0.15, 0.2) is 48.8 Å². The number of amides is 1. The van der Waals surface area contributed by atoms with Crippen molar-refractivity contribution in [3.05, 3.63) is 74.6 Å².